The van der Waals surface area contributed by atoms with Crippen LogP contribution in [-0.4, -0.2) is 47.3 Å². The number of alkyl halides is 3. The fraction of sp³-hybridized carbons (Fsp3) is 0.818. The second-order valence-electron chi connectivity index (χ2n) is 5.41. The molecule has 1 aliphatic rings. The van der Waals surface area contributed by atoms with Crippen LogP contribution in [0.3, 0.4) is 0 Å². The van der Waals surface area contributed by atoms with Crippen molar-refractivity contribution in [3.63, 3.8) is 0 Å². The van der Waals surface area contributed by atoms with Gasteiger partial charge in [0.15, 0.2) is 0 Å². The van der Waals surface area contributed by atoms with Gasteiger partial charge in [-0.1, -0.05) is 20.8 Å². The molecule has 0 aromatic carbocycles. The van der Waals surface area contributed by atoms with Crippen LogP contribution in [0.15, 0.2) is 0 Å². The minimum Gasteiger partial charge on any atom is -0.475 e. The monoisotopic (exact) mass is 284 g/mol. The van der Waals surface area contributed by atoms with Crippen LogP contribution in [0.25, 0.3) is 0 Å². The maximum atomic E-state index is 11.4. The Kier molecular flexibility index (Phi) is 5.37. The summed E-state index contributed by atoms with van der Waals surface area (Å²) < 4.78 is 31.7. The smallest absolute Gasteiger partial charge is 0.475 e. The molecule has 0 saturated carbocycles. The molecule has 2 atom stereocenters. The van der Waals surface area contributed by atoms with E-state index in [1.165, 1.54) is 0 Å². The number of hydrogen-bond acceptors (Lipinski definition) is 3. The van der Waals surface area contributed by atoms with Crippen molar-refractivity contribution >= 4 is 11.9 Å². The van der Waals surface area contributed by atoms with Crippen molar-refractivity contribution in [2.45, 2.75) is 46.1 Å². The molecule has 8 heteroatoms. The standard InChI is InChI=1S/C9H18N2O.C2HF3O2/c1-6-7(12)11(5)8(10-6)9(2,3)4;3-2(4,5)1(6)7/h6,8,10H,1-5H3;(H,6,7)/t6-,8+;/m1./s1. The van der Waals surface area contributed by atoms with Crippen LogP contribution in [0.1, 0.15) is 27.7 Å². The summed E-state index contributed by atoms with van der Waals surface area (Å²) in [6.07, 6.45) is -4.92. The number of aliphatic carboxylic acids is 1. The fourth-order valence-electron chi connectivity index (χ4n) is 1.68. The lowest BCUT2D eigenvalue weighted by Crippen LogP contribution is -2.45. The Hall–Kier alpha value is -1.31. The van der Waals surface area contributed by atoms with E-state index in [9.17, 15) is 18.0 Å². The number of nitrogens with one attached hydrogen (secondary N) is 1. The van der Waals surface area contributed by atoms with Crippen molar-refractivity contribution in [2.75, 3.05) is 7.05 Å². The van der Waals surface area contributed by atoms with E-state index in [0.29, 0.717) is 0 Å². The molecule has 1 rings (SSSR count). The zero-order chi connectivity index (χ0) is 15.6. The van der Waals surface area contributed by atoms with Gasteiger partial charge >= 0.3 is 12.1 Å². The Labute approximate surface area is 109 Å². The first kappa shape index (κ1) is 17.7. The van der Waals surface area contributed by atoms with Crippen LogP contribution in [0.4, 0.5) is 13.2 Å². The van der Waals surface area contributed by atoms with E-state index in [-0.39, 0.29) is 23.5 Å². The Balaban J connectivity index is 0.000000399. The maximum Gasteiger partial charge on any atom is 0.490 e. The summed E-state index contributed by atoms with van der Waals surface area (Å²) in [7, 11) is 1.86. The number of carboxylic acid groups (broad SMARTS) is 1. The lowest BCUT2D eigenvalue weighted by Gasteiger charge is -2.32. The molecule has 0 aromatic heterocycles. The Morgan fingerprint density at radius 1 is 1.32 bits per heavy atom. The molecule has 0 aliphatic carbocycles. The number of carbonyl (C=O) groups excluding carboxylic acids is 1. The van der Waals surface area contributed by atoms with Crippen LogP contribution in [0.2, 0.25) is 0 Å². The molecule has 5 nitrogen and oxygen atoms in total. The minimum absolute atomic E-state index is 0.0285. The first-order valence-corrected chi connectivity index (χ1v) is 5.61. The average Bonchev–Trinajstić information content (AvgIpc) is 2.44. The number of nitrogens with zero attached hydrogens (tertiary/aromatic N) is 1. The summed E-state index contributed by atoms with van der Waals surface area (Å²) in [6, 6.07) is -0.0285. The highest BCUT2D eigenvalue weighted by molar-refractivity contribution is 5.83. The van der Waals surface area contributed by atoms with Crippen LogP contribution in [0.5, 0.6) is 0 Å². The van der Waals surface area contributed by atoms with Gasteiger partial charge in [-0.2, -0.15) is 13.2 Å². The zero-order valence-electron chi connectivity index (χ0n) is 11.5. The molecule has 1 aliphatic heterocycles. The number of halogens is 3. The van der Waals surface area contributed by atoms with E-state index < -0.39 is 12.1 Å². The summed E-state index contributed by atoms with van der Waals surface area (Å²) in [5, 5.41) is 10.4. The van der Waals surface area contributed by atoms with Crippen LogP contribution in [-0.2, 0) is 9.59 Å². The molecule has 1 heterocycles. The zero-order valence-corrected chi connectivity index (χ0v) is 11.5. The maximum absolute atomic E-state index is 11.4. The number of carboxylic acids is 1. The molecule has 0 aromatic rings. The van der Waals surface area contributed by atoms with Gasteiger partial charge < -0.3 is 10.0 Å². The van der Waals surface area contributed by atoms with Gasteiger partial charge in [-0.3, -0.25) is 10.1 Å². The summed E-state index contributed by atoms with van der Waals surface area (Å²) in [4.78, 5) is 22.1. The van der Waals surface area contributed by atoms with Gasteiger partial charge in [0.05, 0.1) is 12.2 Å². The van der Waals surface area contributed by atoms with Crippen molar-refractivity contribution in [1.29, 1.82) is 0 Å². The topological polar surface area (TPSA) is 69.6 Å². The van der Waals surface area contributed by atoms with Crippen molar-refractivity contribution in [2.24, 2.45) is 5.41 Å². The van der Waals surface area contributed by atoms with Gasteiger partial charge in [0.25, 0.3) is 0 Å². The van der Waals surface area contributed by atoms with E-state index in [4.69, 9.17) is 9.90 Å². The summed E-state index contributed by atoms with van der Waals surface area (Å²) in [5.74, 6) is -2.57. The van der Waals surface area contributed by atoms with Gasteiger partial charge in [0, 0.05) is 7.05 Å². The second-order valence-corrected chi connectivity index (χ2v) is 5.41. The number of amides is 1. The lowest BCUT2D eigenvalue weighted by atomic mass is 9.92. The number of likely N-dealkylation sites (N-methyl/N-ethyl adjacent to an activating group) is 1. The normalized spacial score (nSPS) is 24.0. The molecular formula is C11H19F3N2O3. The van der Waals surface area contributed by atoms with Gasteiger partial charge in [0.1, 0.15) is 0 Å². The van der Waals surface area contributed by atoms with Crippen LogP contribution < -0.4 is 5.32 Å². The molecule has 19 heavy (non-hydrogen) atoms. The molecule has 2 N–H and O–H groups in total. The van der Waals surface area contributed by atoms with E-state index >= 15 is 0 Å². The number of hydrogen-bond donors (Lipinski definition) is 2. The van der Waals surface area contributed by atoms with E-state index in [1.807, 2.05) is 14.0 Å². The summed E-state index contributed by atoms with van der Waals surface area (Å²) in [6.45, 7) is 8.30. The molecule has 0 radical (unpaired) electrons. The molecular weight excluding hydrogens is 265 g/mol. The Bertz CT molecular complexity index is 350. The quantitative estimate of drug-likeness (QED) is 0.706. The van der Waals surface area contributed by atoms with Gasteiger partial charge in [-0.15, -0.1) is 0 Å². The van der Waals surface area contributed by atoms with E-state index in [0.717, 1.165) is 0 Å². The van der Waals surface area contributed by atoms with E-state index in [2.05, 4.69) is 26.1 Å². The third-order valence-corrected chi connectivity index (χ3v) is 2.58. The van der Waals surface area contributed by atoms with Crippen LogP contribution >= 0.6 is 0 Å². The fourth-order valence-corrected chi connectivity index (χ4v) is 1.68. The minimum atomic E-state index is -5.08. The first-order chi connectivity index (χ1) is 8.28. The SMILES string of the molecule is C[C@H]1N[C@H](C(C)(C)C)N(C)C1=O.O=C(O)C(F)(F)F. The molecule has 1 saturated heterocycles. The van der Waals surface area contributed by atoms with Crippen molar-refractivity contribution in [1.82, 2.24) is 10.2 Å². The van der Waals surface area contributed by atoms with Crippen molar-refractivity contribution in [3.8, 4) is 0 Å². The van der Waals surface area contributed by atoms with E-state index in [1.54, 1.807) is 4.90 Å². The highest BCUT2D eigenvalue weighted by Crippen LogP contribution is 2.25. The largest absolute Gasteiger partial charge is 0.490 e. The molecule has 0 unspecified atom stereocenters. The highest BCUT2D eigenvalue weighted by atomic mass is 19.4. The average molecular weight is 284 g/mol. The molecule has 0 bridgehead atoms. The molecule has 1 amide bonds. The predicted octanol–water partition coefficient (Wildman–Crippen LogP) is 1.44. The van der Waals surface area contributed by atoms with Crippen molar-refractivity contribution < 1.29 is 27.9 Å². The van der Waals surface area contributed by atoms with Gasteiger partial charge in [-0.05, 0) is 12.3 Å². The van der Waals surface area contributed by atoms with Gasteiger partial charge in [0.2, 0.25) is 5.91 Å². The number of rotatable bonds is 0. The predicted molar refractivity (Wildman–Crippen MR) is 62.3 cm³/mol. The summed E-state index contributed by atoms with van der Waals surface area (Å²) >= 11 is 0. The molecule has 1 fully saturated rings. The van der Waals surface area contributed by atoms with Crippen LogP contribution in [0, 0.1) is 5.41 Å². The molecule has 112 valence electrons. The number of carbonyl (C=O) groups is 2. The lowest BCUT2D eigenvalue weighted by molar-refractivity contribution is -0.192. The second kappa shape index (κ2) is 5.77. The van der Waals surface area contributed by atoms with Crippen molar-refractivity contribution in [3.05, 3.63) is 0 Å². The third-order valence-electron chi connectivity index (χ3n) is 2.58. The van der Waals surface area contributed by atoms with Gasteiger partial charge in [-0.25, -0.2) is 4.79 Å². The summed E-state index contributed by atoms with van der Waals surface area (Å²) in [5.41, 5.74) is 0.106. The highest BCUT2D eigenvalue weighted by Gasteiger charge is 2.40. The Morgan fingerprint density at radius 2 is 1.68 bits per heavy atom. The molecule has 0 spiro atoms. The third kappa shape index (κ3) is 5.06. The Morgan fingerprint density at radius 3 is 1.79 bits per heavy atom. The first-order valence-electron chi connectivity index (χ1n) is 5.61.